The second kappa shape index (κ2) is 17.6. The van der Waals surface area contributed by atoms with Gasteiger partial charge in [-0.05, 0) is 48.1 Å². The summed E-state index contributed by atoms with van der Waals surface area (Å²) in [5, 5.41) is 8.31. The summed E-state index contributed by atoms with van der Waals surface area (Å²) < 4.78 is 22.1. The standard InChI is InChI=1S/C31H37N3O5S.C2H6/c1-20-15-23(19-33-25-17-27(36-4)30(38-6)28(18-25)37-5)11-12-26(20)39-22(3)31(35)34-21(2)16-24(9-7-13-32)29-10-8-14-40-29;1-2/h7-12,14-18,21,33H,3,13,19,32H2,1-2,4-6H3,(H,34,35);1-2H3/b9-7-,24-16+;. The lowest BCUT2D eigenvalue weighted by molar-refractivity contribution is -0.119. The van der Waals surface area contributed by atoms with E-state index in [1.165, 1.54) is 0 Å². The summed E-state index contributed by atoms with van der Waals surface area (Å²) in [6.07, 6.45) is 5.82. The van der Waals surface area contributed by atoms with E-state index in [0.717, 1.165) is 27.3 Å². The Morgan fingerprint density at radius 3 is 2.29 bits per heavy atom. The van der Waals surface area contributed by atoms with E-state index >= 15 is 0 Å². The predicted molar refractivity (Wildman–Crippen MR) is 174 cm³/mol. The van der Waals surface area contributed by atoms with Crippen LogP contribution in [0.15, 0.2) is 78.4 Å². The molecule has 1 aromatic heterocycles. The maximum atomic E-state index is 12.8. The number of nitrogens with one attached hydrogen (secondary N) is 2. The number of thiophene rings is 1. The van der Waals surface area contributed by atoms with Crippen LogP contribution < -0.4 is 35.3 Å². The van der Waals surface area contributed by atoms with Gasteiger partial charge in [0.15, 0.2) is 17.3 Å². The van der Waals surface area contributed by atoms with Crippen LogP contribution in [0.1, 0.15) is 36.8 Å². The average molecular weight is 594 g/mol. The van der Waals surface area contributed by atoms with Gasteiger partial charge in [0.05, 0.1) is 21.3 Å². The Balaban J connectivity index is 0.00000301. The van der Waals surface area contributed by atoms with Gasteiger partial charge in [-0.1, -0.05) is 56.9 Å². The third-order valence-electron chi connectivity index (χ3n) is 5.91. The number of hydrogen-bond donors (Lipinski definition) is 3. The monoisotopic (exact) mass is 593 g/mol. The van der Waals surface area contributed by atoms with Crippen LogP contribution in [0.2, 0.25) is 0 Å². The zero-order valence-corrected chi connectivity index (χ0v) is 26.4. The van der Waals surface area contributed by atoms with E-state index in [1.54, 1.807) is 32.7 Å². The molecule has 0 saturated heterocycles. The molecule has 0 aliphatic rings. The summed E-state index contributed by atoms with van der Waals surface area (Å²) in [4.78, 5) is 13.9. The predicted octanol–water partition coefficient (Wildman–Crippen LogP) is 6.72. The van der Waals surface area contributed by atoms with Gasteiger partial charge in [0.1, 0.15) is 5.75 Å². The fourth-order valence-electron chi connectivity index (χ4n) is 3.96. The maximum absolute atomic E-state index is 12.8. The van der Waals surface area contributed by atoms with Gasteiger partial charge < -0.3 is 35.3 Å². The normalized spacial score (nSPS) is 11.7. The molecule has 3 aromatic rings. The van der Waals surface area contributed by atoms with Crippen LogP contribution in [0, 0.1) is 6.92 Å². The number of nitrogens with two attached hydrogens (primary N) is 1. The SMILES string of the molecule is C=C(Oc1ccc(CNc2cc(OC)c(OC)c(OC)c2)cc1C)C(=O)NC(C)/C=C(\C=C/CN)c1cccs1.CC. The highest BCUT2D eigenvalue weighted by molar-refractivity contribution is 7.11. The quantitative estimate of drug-likeness (QED) is 0.108. The van der Waals surface area contributed by atoms with Crippen LogP contribution in [-0.4, -0.2) is 39.8 Å². The molecular formula is C33H43N3O5S. The Kier molecular flexibility index (Phi) is 14.2. The largest absolute Gasteiger partial charge is 0.493 e. The molecule has 4 N–H and O–H groups in total. The lowest BCUT2D eigenvalue weighted by Crippen LogP contribution is -2.33. The molecule has 226 valence electrons. The van der Waals surface area contributed by atoms with Gasteiger partial charge in [0, 0.05) is 41.8 Å². The molecule has 1 heterocycles. The lowest BCUT2D eigenvalue weighted by Gasteiger charge is -2.16. The minimum atomic E-state index is -0.385. The van der Waals surface area contributed by atoms with E-state index in [0.29, 0.717) is 36.1 Å². The molecule has 0 saturated carbocycles. The van der Waals surface area contributed by atoms with Gasteiger partial charge in [-0.25, -0.2) is 0 Å². The molecule has 3 rings (SSSR count). The van der Waals surface area contributed by atoms with E-state index in [2.05, 4.69) is 17.2 Å². The zero-order valence-electron chi connectivity index (χ0n) is 25.6. The van der Waals surface area contributed by atoms with Crippen molar-refractivity contribution >= 4 is 28.5 Å². The van der Waals surface area contributed by atoms with Crippen LogP contribution in [0.25, 0.3) is 5.57 Å². The van der Waals surface area contributed by atoms with Gasteiger partial charge in [-0.3, -0.25) is 4.79 Å². The van der Waals surface area contributed by atoms with Crippen LogP contribution in [0.5, 0.6) is 23.0 Å². The summed E-state index contributed by atoms with van der Waals surface area (Å²) in [6, 6.07) is 13.2. The molecule has 0 aliphatic carbocycles. The molecular weight excluding hydrogens is 550 g/mol. The van der Waals surface area contributed by atoms with Gasteiger partial charge in [0.25, 0.3) is 5.91 Å². The molecule has 0 spiro atoms. The fraction of sp³-hybridized carbons (Fsp3) is 0.303. The lowest BCUT2D eigenvalue weighted by atomic mass is 10.1. The molecule has 9 heteroatoms. The number of aryl methyl sites for hydroxylation is 1. The fourth-order valence-corrected chi connectivity index (χ4v) is 4.69. The first-order valence-corrected chi connectivity index (χ1v) is 14.6. The maximum Gasteiger partial charge on any atom is 0.286 e. The molecule has 8 nitrogen and oxygen atoms in total. The average Bonchev–Trinajstić information content (AvgIpc) is 3.54. The Bertz CT molecular complexity index is 1340. The van der Waals surface area contributed by atoms with E-state index < -0.39 is 0 Å². The number of carbonyl (C=O) groups is 1. The van der Waals surface area contributed by atoms with Crippen LogP contribution in [0.4, 0.5) is 5.69 Å². The number of allylic oxidation sites excluding steroid dienone is 2. The van der Waals surface area contributed by atoms with Crippen LogP contribution in [-0.2, 0) is 11.3 Å². The molecule has 2 aromatic carbocycles. The molecule has 1 amide bonds. The molecule has 0 fully saturated rings. The number of methoxy groups -OCH3 is 3. The van der Waals surface area contributed by atoms with E-state index in [-0.39, 0.29) is 17.7 Å². The van der Waals surface area contributed by atoms with Gasteiger partial charge >= 0.3 is 0 Å². The van der Waals surface area contributed by atoms with Gasteiger partial charge in [0.2, 0.25) is 5.75 Å². The molecule has 0 radical (unpaired) electrons. The van der Waals surface area contributed by atoms with E-state index in [4.69, 9.17) is 24.7 Å². The van der Waals surface area contributed by atoms with Crippen molar-refractivity contribution < 1.29 is 23.7 Å². The zero-order chi connectivity index (χ0) is 31.1. The number of rotatable bonds is 14. The Morgan fingerprint density at radius 1 is 1.05 bits per heavy atom. The van der Waals surface area contributed by atoms with Gasteiger partial charge in [-0.2, -0.15) is 0 Å². The summed E-state index contributed by atoms with van der Waals surface area (Å²) in [5.74, 6) is 1.87. The van der Waals surface area contributed by atoms with Crippen LogP contribution in [0.3, 0.4) is 0 Å². The molecule has 0 bridgehead atoms. The Morgan fingerprint density at radius 2 is 1.74 bits per heavy atom. The molecule has 1 unspecified atom stereocenters. The van der Waals surface area contributed by atoms with Crippen molar-refractivity contribution in [1.82, 2.24) is 5.32 Å². The van der Waals surface area contributed by atoms with Crippen LogP contribution >= 0.6 is 11.3 Å². The first-order chi connectivity index (χ1) is 20.3. The molecule has 1 atom stereocenters. The first-order valence-electron chi connectivity index (χ1n) is 13.7. The van der Waals surface area contributed by atoms with Crippen molar-refractivity contribution in [3.63, 3.8) is 0 Å². The summed E-state index contributed by atoms with van der Waals surface area (Å²) in [5.41, 5.74) is 9.34. The Hall–Kier alpha value is -4.21. The van der Waals surface area contributed by atoms with Crippen molar-refractivity contribution in [2.24, 2.45) is 5.73 Å². The van der Waals surface area contributed by atoms with Crippen molar-refractivity contribution in [1.29, 1.82) is 0 Å². The van der Waals surface area contributed by atoms with Crippen molar-refractivity contribution in [2.75, 3.05) is 33.2 Å². The molecule has 0 aliphatic heterocycles. The van der Waals surface area contributed by atoms with E-state index in [9.17, 15) is 4.79 Å². The number of anilines is 1. The minimum Gasteiger partial charge on any atom is -0.493 e. The first kappa shape index (κ1) is 34.0. The summed E-state index contributed by atoms with van der Waals surface area (Å²) in [6.45, 7) is 12.6. The van der Waals surface area contributed by atoms with E-state index in [1.807, 2.05) is 93.8 Å². The number of ether oxygens (including phenoxy) is 4. The molecule has 42 heavy (non-hydrogen) atoms. The smallest absolute Gasteiger partial charge is 0.286 e. The topological polar surface area (TPSA) is 104 Å². The number of carbonyl (C=O) groups excluding carboxylic acids is 1. The third kappa shape index (κ3) is 9.71. The van der Waals surface area contributed by atoms with Crippen molar-refractivity contribution in [3.8, 4) is 23.0 Å². The van der Waals surface area contributed by atoms with Crippen molar-refractivity contribution in [2.45, 2.75) is 40.3 Å². The highest BCUT2D eigenvalue weighted by Crippen LogP contribution is 2.40. The second-order valence-corrected chi connectivity index (χ2v) is 9.84. The summed E-state index contributed by atoms with van der Waals surface area (Å²) >= 11 is 1.62. The number of hydrogen-bond acceptors (Lipinski definition) is 8. The summed E-state index contributed by atoms with van der Waals surface area (Å²) in [7, 11) is 4.73. The highest BCUT2D eigenvalue weighted by atomic mass is 32.1. The number of amides is 1. The Labute approximate surface area is 253 Å². The minimum absolute atomic E-state index is 0.0156. The number of benzene rings is 2. The van der Waals surface area contributed by atoms with Gasteiger partial charge in [-0.15, -0.1) is 11.3 Å². The third-order valence-corrected chi connectivity index (χ3v) is 6.83. The van der Waals surface area contributed by atoms with Crippen molar-refractivity contribution in [3.05, 3.63) is 94.4 Å². The highest BCUT2D eigenvalue weighted by Gasteiger charge is 2.15. The second-order valence-electron chi connectivity index (χ2n) is 8.89.